The van der Waals surface area contributed by atoms with Crippen molar-refractivity contribution in [3.8, 4) is 6.07 Å². The van der Waals surface area contributed by atoms with Gasteiger partial charge in [0.15, 0.2) is 0 Å². The van der Waals surface area contributed by atoms with Crippen molar-refractivity contribution in [1.82, 2.24) is 0 Å². The number of rotatable bonds is 4. The highest BCUT2D eigenvalue weighted by Crippen LogP contribution is 2.23. The molecule has 0 aliphatic heterocycles. The standard InChI is InChI=1S/C14H10N4OS/c15-9-12-6-7-13(17-18-16)8-14(12)20(19)10-11-4-2-1-3-5-11/h1-8H,10H2. The number of nitriles is 1. The van der Waals surface area contributed by atoms with Crippen molar-refractivity contribution in [1.29, 1.82) is 5.26 Å². The van der Waals surface area contributed by atoms with Crippen molar-refractivity contribution in [3.63, 3.8) is 0 Å². The molecule has 1 atom stereocenters. The fourth-order valence-corrected chi connectivity index (χ4v) is 2.97. The predicted molar refractivity (Wildman–Crippen MR) is 76.5 cm³/mol. The van der Waals surface area contributed by atoms with Gasteiger partial charge in [-0.3, -0.25) is 4.21 Å². The lowest BCUT2D eigenvalue weighted by Crippen LogP contribution is -1.99. The second-order valence-electron chi connectivity index (χ2n) is 3.96. The molecule has 1 unspecified atom stereocenters. The van der Waals surface area contributed by atoms with E-state index in [1.165, 1.54) is 18.2 Å². The van der Waals surface area contributed by atoms with Crippen molar-refractivity contribution in [2.75, 3.05) is 0 Å². The molecule has 0 amide bonds. The van der Waals surface area contributed by atoms with Crippen molar-refractivity contribution in [3.05, 3.63) is 70.1 Å². The molecule has 0 radical (unpaired) electrons. The summed E-state index contributed by atoms with van der Waals surface area (Å²) in [6.45, 7) is 0. The first-order chi connectivity index (χ1) is 9.74. The van der Waals surface area contributed by atoms with Gasteiger partial charge in [-0.05, 0) is 23.2 Å². The molecule has 5 nitrogen and oxygen atoms in total. The third-order valence-electron chi connectivity index (χ3n) is 2.63. The Morgan fingerprint density at radius 1 is 1.25 bits per heavy atom. The minimum atomic E-state index is -1.37. The molecule has 0 fully saturated rings. The van der Waals surface area contributed by atoms with E-state index < -0.39 is 10.8 Å². The Labute approximate surface area is 118 Å². The molecular weight excluding hydrogens is 272 g/mol. The van der Waals surface area contributed by atoms with Gasteiger partial charge in [-0.2, -0.15) is 5.26 Å². The highest BCUT2D eigenvalue weighted by atomic mass is 32.2. The van der Waals surface area contributed by atoms with E-state index in [-0.39, 0.29) is 0 Å². The molecule has 0 aromatic heterocycles. The van der Waals surface area contributed by atoms with Gasteiger partial charge >= 0.3 is 0 Å². The zero-order valence-corrected chi connectivity index (χ0v) is 11.2. The molecule has 0 heterocycles. The Hall–Kier alpha value is -2.61. The molecule has 98 valence electrons. The minimum Gasteiger partial charge on any atom is -0.254 e. The maximum absolute atomic E-state index is 12.4. The highest BCUT2D eigenvalue weighted by Gasteiger charge is 2.11. The van der Waals surface area contributed by atoms with Gasteiger partial charge in [0.1, 0.15) is 6.07 Å². The van der Waals surface area contributed by atoms with Gasteiger partial charge in [0.2, 0.25) is 0 Å². The lowest BCUT2D eigenvalue weighted by molar-refractivity contribution is 0.682. The molecule has 0 N–H and O–H groups in total. The van der Waals surface area contributed by atoms with Crippen LogP contribution in [0.2, 0.25) is 0 Å². The number of hydrogen-bond acceptors (Lipinski definition) is 3. The Morgan fingerprint density at radius 3 is 2.65 bits per heavy atom. The van der Waals surface area contributed by atoms with Gasteiger partial charge in [-0.25, -0.2) is 0 Å². The summed E-state index contributed by atoms with van der Waals surface area (Å²) in [5, 5.41) is 12.5. The van der Waals surface area contributed by atoms with Gasteiger partial charge in [0.25, 0.3) is 0 Å². The minimum absolute atomic E-state index is 0.315. The van der Waals surface area contributed by atoms with E-state index in [0.717, 1.165) is 5.56 Å². The summed E-state index contributed by atoms with van der Waals surface area (Å²) in [5.74, 6) is 0.315. The van der Waals surface area contributed by atoms with E-state index in [9.17, 15) is 4.21 Å². The van der Waals surface area contributed by atoms with Crippen LogP contribution < -0.4 is 0 Å². The smallest absolute Gasteiger partial charge is 0.100 e. The summed E-state index contributed by atoms with van der Waals surface area (Å²) >= 11 is 0. The van der Waals surface area contributed by atoms with Gasteiger partial charge in [-0.15, -0.1) is 0 Å². The Balaban J connectivity index is 2.35. The van der Waals surface area contributed by atoms with Crippen LogP contribution in [0, 0.1) is 11.3 Å². The van der Waals surface area contributed by atoms with Gasteiger partial charge in [-0.1, -0.05) is 41.5 Å². The average molecular weight is 282 g/mol. The van der Waals surface area contributed by atoms with E-state index in [2.05, 4.69) is 10.0 Å². The summed E-state index contributed by atoms with van der Waals surface area (Å²) in [6.07, 6.45) is 0. The van der Waals surface area contributed by atoms with Crippen LogP contribution in [0.5, 0.6) is 0 Å². The first-order valence-corrected chi connectivity index (χ1v) is 7.08. The second kappa shape index (κ2) is 6.53. The molecule has 0 aliphatic rings. The average Bonchev–Trinajstić information content (AvgIpc) is 2.48. The van der Waals surface area contributed by atoms with Crippen molar-refractivity contribution in [2.45, 2.75) is 10.6 Å². The molecular formula is C14H10N4OS. The largest absolute Gasteiger partial charge is 0.254 e. The normalized spacial score (nSPS) is 11.2. The summed E-state index contributed by atoms with van der Waals surface area (Å²) in [7, 11) is -1.37. The molecule has 20 heavy (non-hydrogen) atoms. The molecule has 0 aliphatic carbocycles. The monoisotopic (exact) mass is 282 g/mol. The van der Waals surface area contributed by atoms with E-state index in [0.29, 0.717) is 21.9 Å². The summed E-state index contributed by atoms with van der Waals surface area (Å²) in [6, 6.07) is 15.9. The number of hydrogen-bond donors (Lipinski definition) is 0. The topological polar surface area (TPSA) is 89.6 Å². The second-order valence-corrected chi connectivity index (χ2v) is 5.38. The van der Waals surface area contributed by atoms with Crippen molar-refractivity contribution in [2.24, 2.45) is 5.11 Å². The van der Waals surface area contributed by atoms with Crippen LogP contribution in [-0.4, -0.2) is 4.21 Å². The van der Waals surface area contributed by atoms with Crippen LogP contribution in [0.15, 0.2) is 58.5 Å². The van der Waals surface area contributed by atoms with Crippen LogP contribution in [-0.2, 0) is 16.6 Å². The SMILES string of the molecule is N#Cc1ccc(N=[N+]=[N-])cc1S(=O)Cc1ccccc1. The van der Waals surface area contributed by atoms with Gasteiger partial charge < -0.3 is 0 Å². The van der Waals surface area contributed by atoms with E-state index in [1.807, 2.05) is 36.4 Å². The lowest BCUT2D eigenvalue weighted by Gasteiger charge is -2.05. The first-order valence-electron chi connectivity index (χ1n) is 5.76. The maximum Gasteiger partial charge on any atom is 0.100 e. The maximum atomic E-state index is 12.4. The lowest BCUT2D eigenvalue weighted by atomic mass is 10.2. The van der Waals surface area contributed by atoms with Crippen LogP contribution in [0.3, 0.4) is 0 Å². The predicted octanol–water partition coefficient (Wildman–Crippen LogP) is 3.81. The Kier molecular flexibility index (Phi) is 4.51. The molecule has 2 aromatic rings. The summed E-state index contributed by atoms with van der Waals surface area (Å²) in [4.78, 5) is 3.08. The fourth-order valence-electron chi connectivity index (χ4n) is 1.71. The molecule has 6 heteroatoms. The van der Waals surface area contributed by atoms with Crippen LogP contribution in [0.4, 0.5) is 5.69 Å². The van der Waals surface area contributed by atoms with Crippen LogP contribution in [0.25, 0.3) is 10.4 Å². The number of benzene rings is 2. The fraction of sp³-hybridized carbons (Fsp3) is 0.0714. The van der Waals surface area contributed by atoms with E-state index in [4.69, 9.17) is 10.8 Å². The van der Waals surface area contributed by atoms with Gasteiger partial charge in [0, 0.05) is 10.6 Å². The first kappa shape index (κ1) is 13.8. The van der Waals surface area contributed by atoms with Crippen LogP contribution >= 0.6 is 0 Å². The summed E-state index contributed by atoms with van der Waals surface area (Å²) < 4.78 is 12.4. The van der Waals surface area contributed by atoms with Crippen LogP contribution in [0.1, 0.15) is 11.1 Å². The van der Waals surface area contributed by atoms with Crippen molar-refractivity contribution >= 4 is 16.5 Å². The van der Waals surface area contributed by atoms with Gasteiger partial charge in [0.05, 0.1) is 27.0 Å². The third-order valence-corrected chi connectivity index (χ3v) is 4.06. The molecule has 2 aromatic carbocycles. The summed E-state index contributed by atoms with van der Waals surface area (Å²) in [5.41, 5.74) is 10.0. The van der Waals surface area contributed by atoms with E-state index >= 15 is 0 Å². The van der Waals surface area contributed by atoms with Crippen molar-refractivity contribution < 1.29 is 4.21 Å². The molecule has 0 bridgehead atoms. The highest BCUT2D eigenvalue weighted by molar-refractivity contribution is 7.84. The quantitative estimate of drug-likeness (QED) is 0.484. The number of nitrogens with zero attached hydrogens (tertiary/aromatic N) is 4. The molecule has 0 saturated carbocycles. The number of azide groups is 1. The molecule has 0 spiro atoms. The zero-order chi connectivity index (χ0) is 14.4. The molecule has 2 rings (SSSR count). The molecule has 0 saturated heterocycles. The Morgan fingerprint density at radius 2 is 2.00 bits per heavy atom. The van der Waals surface area contributed by atoms with E-state index in [1.54, 1.807) is 0 Å². The Bertz CT molecular complexity index is 731. The zero-order valence-electron chi connectivity index (χ0n) is 10.4. The third kappa shape index (κ3) is 3.23.